The fourth-order valence-electron chi connectivity index (χ4n) is 5.46. The largest absolute Gasteiger partial charge is 2.00 e. The molecule has 2 aliphatic heterocycles. The average Bonchev–Trinajstić information content (AvgIpc) is 3.76. The molecule has 8 bridgehead atoms. The number of rotatable bonds is 0. The molecule has 7 aromatic rings. The Morgan fingerprint density at radius 1 is 0.370 bits per heavy atom. The number of benzene rings is 4. The van der Waals surface area contributed by atoms with Crippen molar-refractivity contribution >= 4 is 44.1 Å². The van der Waals surface area contributed by atoms with Crippen molar-refractivity contribution < 1.29 is 17.1 Å². The summed E-state index contributed by atoms with van der Waals surface area (Å²) in [6.07, 6.45) is 0. The van der Waals surface area contributed by atoms with E-state index in [0.29, 0.717) is 51.3 Å². The molecule has 4 aromatic carbocycles. The van der Waals surface area contributed by atoms with Gasteiger partial charge in [-0.3, -0.25) is 0 Å². The van der Waals surface area contributed by atoms with Crippen molar-refractivity contribution in [1.29, 1.82) is 0 Å². The van der Waals surface area contributed by atoms with Gasteiger partial charge in [0, 0.05) is 44.8 Å². The molecular formula is C37H28CuN8. The van der Waals surface area contributed by atoms with Gasteiger partial charge in [0.15, 0.2) is 0 Å². The minimum absolute atomic E-state index is 0. The predicted molar refractivity (Wildman–Crippen MR) is 179 cm³/mol. The van der Waals surface area contributed by atoms with Crippen LogP contribution in [-0.2, 0) is 17.1 Å². The average molecular weight is 648 g/mol. The molecule has 0 spiro atoms. The number of hydrogen-bond acceptors (Lipinski definition) is 6. The van der Waals surface area contributed by atoms with Crippen LogP contribution in [0.4, 0.5) is 0 Å². The Hall–Kier alpha value is -5.24. The molecule has 9 heteroatoms. The smallest absolute Gasteiger partial charge is 0.357 e. The summed E-state index contributed by atoms with van der Waals surface area (Å²) in [6, 6.07) is 31.8. The molecule has 0 amide bonds. The van der Waals surface area contributed by atoms with E-state index in [-0.39, 0.29) is 17.1 Å². The Bertz CT molecular complexity index is 2130. The number of hydrogen-bond donors (Lipinski definition) is 0. The third-order valence-corrected chi connectivity index (χ3v) is 7.33. The first-order chi connectivity index (χ1) is 21.8. The first kappa shape index (κ1) is 29.5. The number of nitrogens with zero attached hydrogens (tertiary/aromatic N) is 8. The van der Waals surface area contributed by atoms with Crippen LogP contribution in [0.25, 0.3) is 89.7 Å². The van der Waals surface area contributed by atoms with Gasteiger partial charge in [0.05, 0.1) is 23.3 Å². The predicted octanol–water partition coefficient (Wildman–Crippen LogP) is 8.18. The summed E-state index contributed by atoms with van der Waals surface area (Å²) in [6.45, 7) is 8.75. The Kier molecular flexibility index (Phi) is 7.23. The van der Waals surface area contributed by atoms with E-state index < -0.39 is 0 Å². The summed E-state index contributed by atoms with van der Waals surface area (Å²) in [5.41, 5.74) is 6.28. The van der Waals surface area contributed by atoms with E-state index in [4.69, 9.17) is 39.9 Å². The molecule has 227 valence electrons. The molecule has 0 fully saturated rings. The van der Waals surface area contributed by atoms with E-state index in [1.807, 2.05) is 97.1 Å². The normalized spacial score (nSPS) is 11.7. The molecule has 8 nitrogen and oxygen atoms in total. The van der Waals surface area contributed by atoms with Crippen molar-refractivity contribution in [2.75, 3.05) is 0 Å². The van der Waals surface area contributed by atoms with Gasteiger partial charge >= 0.3 is 17.1 Å². The molecule has 0 aliphatic carbocycles. The molecule has 0 saturated heterocycles. The van der Waals surface area contributed by atoms with E-state index in [1.165, 1.54) is 0 Å². The van der Waals surface area contributed by atoms with Crippen molar-refractivity contribution in [2.45, 2.75) is 27.7 Å². The van der Waals surface area contributed by atoms with Gasteiger partial charge in [0.25, 0.3) is 0 Å². The molecule has 0 atom stereocenters. The summed E-state index contributed by atoms with van der Waals surface area (Å²) in [4.78, 5) is 39.3. The summed E-state index contributed by atoms with van der Waals surface area (Å²) in [5.74, 6) is 2.21. The Labute approximate surface area is 276 Å². The standard InChI is InChI=1S/C32H16N8.C5H12.Cu/c1-2-10-18-17(9-1)25-33-26(18)38-28-21-13-5-6-14-22(21)30(35-28)40-32-24-16-8-7-15-23(24)31(36-32)39-29-20-12-4-3-11-19(20)27(34-29)37-25;1-5(2,3)4;/h1-16H;1-4H3;/q-2;;+2. The molecule has 3 aromatic heterocycles. The van der Waals surface area contributed by atoms with Gasteiger partial charge in [0.1, 0.15) is 0 Å². The first-order valence-electron chi connectivity index (χ1n) is 14.9. The molecule has 5 heterocycles. The van der Waals surface area contributed by atoms with Crippen molar-refractivity contribution in [1.82, 2.24) is 39.9 Å². The van der Waals surface area contributed by atoms with Gasteiger partial charge in [-0.05, 0) is 27.0 Å². The SMILES string of the molecule is CC(C)(C)C.[Cu+2].c1ccc2c(c1)-c1nc-2nc2[n-]c(nc3nc(nc4[n-]c(n1)c1ccccc41)-c1ccccc1-3)c1ccccc21. The zero-order chi connectivity index (χ0) is 30.7. The van der Waals surface area contributed by atoms with Crippen LogP contribution in [0.1, 0.15) is 27.7 Å². The molecule has 0 N–H and O–H groups in total. The minimum Gasteiger partial charge on any atom is -0.357 e. The van der Waals surface area contributed by atoms with Crippen LogP contribution < -0.4 is 9.97 Å². The van der Waals surface area contributed by atoms with Gasteiger partial charge in [-0.25, -0.2) is 9.97 Å². The van der Waals surface area contributed by atoms with Crippen molar-refractivity contribution in [3.63, 3.8) is 0 Å². The molecule has 46 heavy (non-hydrogen) atoms. The van der Waals surface area contributed by atoms with Crippen LogP contribution in [-0.4, -0.2) is 29.9 Å². The third kappa shape index (κ3) is 5.23. The maximum atomic E-state index is 4.95. The summed E-state index contributed by atoms with van der Waals surface area (Å²) >= 11 is 0. The number of fused-ring (bicyclic) bond motifs is 20. The molecule has 0 unspecified atom stereocenters. The second-order valence-electron chi connectivity index (χ2n) is 12.7. The maximum Gasteiger partial charge on any atom is 2.00 e. The van der Waals surface area contributed by atoms with E-state index in [0.717, 1.165) is 43.8 Å². The molecule has 2 aliphatic rings. The van der Waals surface area contributed by atoms with Gasteiger partial charge in [-0.1, -0.05) is 125 Å². The van der Waals surface area contributed by atoms with Crippen LogP contribution in [0.15, 0.2) is 97.1 Å². The van der Waals surface area contributed by atoms with Gasteiger partial charge < -0.3 is 29.9 Å². The molecule has 0 saturated carbocycles. The topological polar surface area (TPSA) is 106 Å². The van der Waals surface area contributed by atoms with Gasteiger partial charge in [-0.15, -0.1) is 0 Å². The maximum absolute atomic E-state index is 4.95. The summed E-state index contributed by atoms with van der Waals surface area (Å²) in [7, 11) is 0. The van der Waals surface area contributed by atoms with E-state index >= 15 is 0 Å². The van der Waals surface area contributed by atoms with E-state index in [1.54, 1.807) is 0 Å². The van der Waals surface area contributed by atoms with Crippen LogP contribution in [0, 0.1) is 5.41 Å². The Morgan fingerprint density at radius 2 is 0.587 bits per heavy atom. The van der Waals surface area contributed by atoms with Crippen LogP contribution >= 0.6 is 0 Å². The van der Waals surface area contributed by atoms with Crippen molar-refractivity contribution in [3.8, 4) is 45.6 Å². The van der Waals surface area contributed by atoms with Crippen LogP contribution in [0.2, 0.25) is 0 Å². The minimum atomic E-state index is 0. The van der Waals surface area contributed by atoms with E-state index in [9.17, 15) is 0 Å². The summed E-state index contributed by atoms with van der Waals surface area (Å²) < 4.78 is 0. The molecular weight excluding hydrogens is 620 g/mol. The quantitative estimate of drug-likeness (QED) is 0.152. The number of aromatic nitrogens is 8. The van der Waals surface area contributed by atoms with E-state index in [2.05, 4.69) is 27.7 Å². The fraction of sp³-hybridized carbons (Fsp3) is 0.135. The second-order valence-corrected chi connectivity index (χ2v) is 12.7. The summed E-state index contributed by atoms with van der Waals surface area (Å²) in [5, 5.41) is 3.57. The molecule has 1 radical (unpaired) electrons. The monoisotopic (exact) mass is 647 g/mol. The zero-order valence-electron chi connectivity index (χ0n) is 25.6. The second kappa shape index (κ2) is 11.3. The van der Waals surface area contributed by atoms with Gasteiger partial charge in [-0.2, -0.15) is 0 Å². The van der Waals surface area contributed by atoms with Crippen molar-refractivity contribution in [3.05, 3.63) is 97.1 Å². The third-order valence-electron chi connectivity index (χ3n) is 7.33. The molecule has 9 rings (SSSR count). The van der Waals surface area contributed by atoms with Crippen LogP contribution in [0.3, 0.4) is 0 Å². The fourth-order valence-corrected chi connectivity index (χ4v) is 5.46. The van der Waals surface area contributed by atoms with Gasteiger partial charge in [0.2, 0.25) is 0 Å². The van der Waals surface area contributed by atoms with Crippen LogP contribution in [0.5, 0.6) is 0 Å². The zero-order valence-corrected chi connectivity index (χ0v) is 26.6. The Balaban J connectivity index is 0.000000526. The van der Waals surface area contributed by atoms with Crippen molar-refractivity contribution in [2.24, 2.45) is 5.41 Å². The Morgan fingerprint density at radius 3 is 0.826 bits per heavy atom. The first-order valence-corrected chi connectivity index (χ1v) is 14.9.